The van der Waals surface area contributed by atoms with Gasteiger partial charge >= 0.3 is 0 Å². The van der Waals surface area contributed by atoms with Crippen LogP contribution in [0.2, 0.25) is 0 Å². The Morgan fingerprint density at radius 3 is 2.58 bits per heavy atom. The number of fused-ring (bicyclic) bond motifs is 1. The molecule has 2 aromatic heterocycles. The fraction of sp³-hybridized carbons (Fsp3) is 0.167. The Morgan fingerprint density at radius 1 is 1.05 bits per heavy atom. The van der Waals surface area contributed by atoms with E-state index in [1.165, 1.54) is 16.8 Å². The Bertz CT molecular complexity index is 1720. The predicted molar refractivity (Wildman–Crippen MR) is 152 cm³/mol. The first-order chi connectivity index (χ1) is 18.3. The average molecular weight is 573 g/mol. The molecule has 0 spiro atoms. The molecular formula is C30H26BrFN4O2. The van der Waals surface area contributed by atoms with E-state index in [0.717, 1.165) is 32.7 Å². The number of aromatic nitrogens is 3. The van der Waals surface area contributed by atoms with Crippen LogP contribution >= 0.6 is 15.9 Å². The van der Waals surface area contributed by atoms with E-state index in [0.29, 0.717) is 35.5 Å². The molecule has 2 heterocycles. The molecule has 0 N–H and O–H groups in total. The lowest BCUT2D eigenvalue weighted by molar-refractivity contribution is 0.305. The zero-order chi connectivity index (χ0) is 26.8. The molecule has 0 saturated carbocycles. The van der Waals surface area contributed by atoms with Crippen LogP contribution in [0, 0.1) is 19.7 Å². The van der Waals surface area contributed by atoms with E-state index in [2.05, 4.69) is 30.6 Å². The van der Waals surface area contributed by atoms with E-state index in [1.807, 2.05) is 69.3 Å². The van der Waals surface area contributed by atoms with E-state index in [9.17, 15) is 9.18 Å². The zero-order valence-electron chi connectivity index (χ0n) is 21.3. The highest BCUT2D eigenvalue weighted by Crippen LogP contribution is 2.23. The Morgan fingerprint density at radius 2 is 1.84 bits per heavy atom. The number of nitrogens with zero attached hydrogens (tertiary/aromatic N) is 4. The summed E-state index contributed by atoms with van der Waals surface area (Å²) >= 11 is 3.43. The summed E-state index contributed by atoms with van der Waals surface area (Å²) in [6.45, 7) is 6.29. The fourth-order valence-corrected chi connectivity index (χ4v) is 4.82. The van der Waals surface area contributed by atoms with Gasteiger partial charge in [0.2, 0.25) is 0 Å². The van der Waals surface area contributed by atoms with Gasteiger partial charge in [-0.25, -0.2) is 9.37 Å². The molecule has 0 aliphatic carbocycles. The second-order valence-corrected chi connectivity index (χ2v) is 9.89. The largest absolute Gasteiger partial charge is 0.489 e. The van der Waals surface area contributed by atoms with Crippen molar-refractivity contribution in [2.45, 2.75) is 33.8 Å². The van der Waals surface area contributed by atoms with Crippen LogP contribution in [0.3, 0.4) is 0 Å². The minimum absolute atomic E-state index is 0.202. The monoisotopic (exact) mass is 572 g/mol. The van der Waals surface area contributed by atoms with Gasteiger partial charge in [0.05, 0.1) is 17.1 Å². The van der Waals surface area contributed by atoms with Crippen LogP contribution in [0.15, 0.2) is 87.2 Å². The van der Waals surface area contributed by atoms with E-state index in [-0.39, 0.29) is 11.4 Å². The summed E-state index contributed by atoms with van der Waals surface area (Å²) in [5, 5.41) is 5.06. The first-order valence-electron chi connectivity index (χ1n) is 12.3. The lowest BCUT2D eigenvalue weighted by atomic mass is 10.2. The summed E-state index contributed by atoms with van der Waals surface area (Å²) in [5.74, 6) is 1.02. The third-order valence-corrected chi connectivity index (χ3v) is 6.86. The molecule has 8 heteroatoms. The number of rotatable bonds is 7. The van der Waals surface area contributed by atoms with Crippen molar-refractivity contribution in [3.05, 3.63) is 122 Å². The van der Waals surface area contributed by atoms with Crippen LogP contribution in [-0.4, -0.2) is 20.4 Å². The van der Waals surface area contributed by atoms with Gasteiger partial charge in [0.1, 0.15) is 24.0 Å². The summed E-state index contributed by atoms with van der Waals surface area (Å²) in [6, 6.07) is 21.6. The molecule has 0 saturated heterocycles. The summed E-state index contributed by atoms with van der Waals surface area (Å²) in [7, 11) is 0. The quantitative estimate of drug-likeness (QED) is 0.203. The Labute approximate surface area is 228 Å². The lowest BCUT2D eigenvalue weighted by Crippen LogP contribution is -2.22. The Hall–Kier alpha value is -4.04. The molecule has 0 fully saturated rings. The van der Waals surface area contributed by atoms with Crippen molar-refractivity contribution in [2.75, 3.05) is 0 Å². The maximum Gasteiger partial charge on any atom is 0.282 e. The third kappa shape index (κ3) is 5.17. The van der Waals surface area contributed by atoms with Gasteiger partial charge in [-0.2, -0.15) is 9.78 Å². The van der Waals surface area contributed by atoms with E-state index in [1.54, 1.807) is 18.3 Å². The van der Waals surface area contributed by atoms with Gasteiger partial charge in [-0.15, -0.1) is 0 Å². The molecule has 0 bridgehead atoms. The lowest BCUT2D eigenvalue weighted by Gasteiger charge is -2.12. The van der Waals surface area contributed by atoms with Crippen LogP contribution in [0.5, 0.6) is 5.75 Å². The van der Waals surface area contributed by atoms with Crippen molar-refractivity contribution in [1.29, 1.82) is 0 Å². The summed E-state index contributed by atoms with van der Waals surface area (Å²) < 4.78 is 23.6. The van der Waals surface area contributed by atoms with Crippen molar-refractivity contribution >= 4 is 33.0 Å². The summed E-state index contributed by atoms with van der Waals surface area (Å²) in [4.78, 5) is 17.8. The molecule has 5 rings (SSSR count). The number of hydrogen-bond acceptors (Lipinski definition) is 4. The van der Waals surface area contributed by atoms with Gasteiger partial charge in [-0.3, -0.25) is 4.79 Å². The SMILES string of the molecule is CCc1nc2ccc(Br)cc2c(=O)n1N=Cc1cc(C)n(-c2ccc(OCc3cccc(F)c3)cc2)c1C. The molecule has 3 aromatic carbocycles. The number of hydrogen-bond donors (Lipinski definition) is 0. The molecule has 0 aliphatic rings. The van der Waals surface area contributed by atoms with Gasteiger partial charge in [0.25, 0.3) is 5.56 Å². The van der Waals surface area contributed by atoms with Gasteiger partial charge in [0, 0.05) is 33.5 Å². The topological polar surface area (TPSA) is 61.4 Å². The highest BCUT2D eigenvalue weighted by Gasteiger charge is 2.12. The van der Waals surface area contributed by atoms with Crippen LogP contribution in [0.4, 0.5) is 4.39 Å². The molecule has 6 nitrogen and oxygen atoms in total. The van der Waals surface area contributed by atoms with Gasteiger partial charge in [0.15, 0.2) is 0 Å². The van der Waals surface area contributed by atoms with Crippen LogP contribution in [0.25, 0.3) is 16.6 Å². The number of halogens is 2. The third-order valence-electron chi connectivity index (χ3n) is 6.36. The second kappa shape index (κ2) is 10.8. The van der Waals surface area contributed by atoms with Crippen molar-refractivity contribution in [3.63, 3.8) is 0 Å². The minimum Gasteiger partial charge on any atom is -0.489 e. The van der Waals surface area contributed by atoms with E-state index < -0.39 is 0 Å². The molecule has 0 radical (unpaired) electrons. The van der Waals surface area contributed by atoms with E-state index in [4.69, 9.17) is 4.74 Å². The van der Waals surface area contributed by atoms with Crippen LogP contribution in [0.1, 0.15) is 35.3 Å². The van der Waals surface area contributed by atoms with Gasteiger partial charge in [-0.1, -0.05) is 35.0 Å². The molecule has 5 aromatic rings. The second-order valence-electron chi connectivity index (χ2n) is 8.98. The molecule has 0 unspecified atom stereocenters. The molecule has 0 amide bonds. The Kier molecular flexibility index (Phi) is 7.24. The summed E-state index contributed by atoms with van der Waals surface area (Å²) in [6.07, 6.45) is 2.28. The fourth-order valence-electron chi connectivity index (χ4n) is 4.46. The average Bonchev–Trinajstić information content (AvgIpc) is 3.20. The van der Waals surface area contributed by atoms with Crippen LogP contribution < -0.4 is 10.3 Å². The zero-order valence-corrected chi connectivity index (χ0v) is 22.9. The molecular weight excluding hydrogens is 547 g/mol. The maximum absolute atomic E-state index is 13.4. The van der Waals surface area contributed by atoms with E-state index >= 15 is 0 Å². The normalized spacial score (nSPS) is 11.5. The number of benzene rings is 3. The predicted octanol–water partition coefficient (Wildman–Crippen LogP) is 6.73. The highest BCUT2D eigenvalue weighted by atomic mass is 79.9. The Balaban J connectivity index is 1.40. The van der Waals surface area contributed by atoms with Gasteiger partial charge in [-0.05, 0) is 80.1 Å². The van der Waals surface area contributed by atoms with Gasteiger partial charge < -0.3 is 9.30 Å². The minimum atomic E-state index is -0.278. The number of aryl methyl sites for hydroxylation is 2. The van der Waals surface area contributed by atoms with Crippen molar-refractivity contribution < 1.29 is 9.13 Å². The number of ether oxygens (including phenoxy) is 1. The van der Waals surface area contributed by atoms with Crippen molar-refractivity contribution in [2.24, 2.45) is 5.10 Å². The standard InChI is InChI=1S/C30H26BrFN4O2/c1-4-29-34-28-13-8-23(31)16-27(28)30(37)36(29)33-17-22-14-19(2)35(20(22)3)25-9-11-26(12-10-25)38-18-21-6-5-7-24(32)15-21/h5-17H,4,18H2,1-3H3. The summed E-state index contributed by atoms with van der Waals surface area (Å²) in [5.41, 5.74) is 5.12. The smallest absolute Gasteiger partial charge is 0.282 e. The molecule has 192 valence electrons. The van der Waals surface area contributed by atoms with Crippen LogP contribution in [-0.2, 0) is 13.0 Å². The molecule has 0 aliphatic heterocycles. The van der Waals surface area contributed by atoms with Crippen molar-refractivity contribution in [3.8, 4) is 11.4 Å². The molecule has 0 atom stereocenters. The highest BCUT2D eigenvalue weighted by molar-refractivity contribution is 9.10. The first-order valence-corrected chi connectivity index (χ1v) is 13.1. The molecule has 38 heavy (non-hydrogen) atoms. The first kappa shape index (κ1) is 25.6. The van der Waals surface area contributed by atoms with Crippen molar-refractivity contribution in [1.82, 2.24) is 14.2 Å². The maximum atomic E-state index is 13.4.